The van der Waals surface area contributed by atoms with Gasteiger partial charge in [0.15, 0.2) is 5.78 Å². The Kier molecular flexibility index (Phi) is 20.7. The van der Waals surface area contributed by atoms with E-state index in [-0.39, 0.29) is 77.9 Å². The molecule has 0 aromatic carbocycles. The summed E-state index contributed by atoms with van der Waals surface area (Å²) in [4.78, 5) is 102. The van der Waals surface area contributed by atoms with Gasteiger partial charge in [-0.1, -0.05) is 73.1 Å². The number of rotatable bonds is 12. The van der Waals surface area contributed by atoms with Crippen molar-refractivity contribution in [1.29, 1.82) is 0 Å². The van der Waals surface area contributed by atoms with E-state index in [2.05, 4.69) is 12.2 Å². The van der Waals surface area contributed by atoms with Crippen LogP contribution in [0.25, 0.3) is 0 Å². The second-order valence-corrected chi connectivity index (χ2v) is 27.5. The zero-order chi connectivity index (χ0) is 59.0. The van der Waals surface area contributed by atoms with Crippen LogP contribution in [0.15, 0.2) is 33.9 Å². The highest BCUT2D eigenvalue weighted by atomic mass is 32.2. The average Bonchev–Trinajstić information content (AvgIpc) is 4.14. The van der Waals surface area contributed by atoms with E-state index in [0.717, 1.165) is 5.57 Å². The van der Waals surface area contributed by atoms with E-state index in [9.17, 15) is 59.1 Å². The molecule has 6 N–H and O–H groups in total. The maximum atomic E-state index is 14.9. The molecule has 0 unspecified atom stereocenters. The molecule has 18 nitrogen and oxygen atoms in total. The van der Waals surface area contributed by atoms with Gasteiger partial charge in [0.1, 0.15) is 23.6 Å². The molecule has 0 aromatic heterocycles. The van der Waals surface area contributed by atoms with Crippen LogP contribution in [0.4, 0.5) is 0 Å². The van der Waals surface area contributed by atoms with Crippen LogP contribution in [-0.4, -0.2) is 162 Å². The Hall–Kier alpha value is -3.82. The molecule has 7 aliphatic rings. The Morgan fingerprint density at radius 3 is 2.31 bits per heavy atom. The number of carbonyl (C=O) groups is 7. The molecule has 1 saturated carbocycles. The number of hydrogen-bond acceptors (Lipinski definition) is 16. The van der Waals surface area contributed by atoms with Crippen molar-refractivity contribution in [3.05, 3.63) is 33.9 Å². The smallest absolute Gasteiger partial charge is 0.353 e. The van der Waals surface area contributed by atoms with Crippen LogP contribution in [0.5, 0.6) is 0 Å². The number of aliphatic hydroxyl groups is 4. The van der Waals surface area contributed by atoms with Gasteiger partial charge < -0.3 is 54.9 Å². The zero-order valence-corrected chi connectivity index (χ0v) is 50.2. The van der Waals surface area contributed by atoms with Gasteiger partial charge in [0.25, 0.3) is 11.7 Å². The fraction of sp³-hybridized carbons (Fsp3) is 0.787. The van der Waals surface area contributed by atoms with E-state index < -0.39 is 119 Å². The SMILES string of the molecule is CO[C@@H]1C[C@H](/C=C(\C)[C@H]2OC(=O)[C@@H]3CCCCN3C(=O)C(=O)[C@]3(O)O[C@H]([C@@H](C)C[C@@H](C)C/C(C)=C/[C@@H](CCC(C)(C)C(=O)[C@@H]4C[C@H](SC5=C(C(=O)O)N6C(=O)[C@H]([C@@H](C)O)[C@H]6[C@H]5C)CN4)C(=O)C[C@H](O)[C@H]2C)[C@@H](C)C[C@H]3C)CC[C@H]1O. The number of ether oxygens (including phenoxy) is 3. The van der Waals surface area contributed by atoms with Crippen LogP contribution in [0.1, 0.15) is 160 Å². The summed E-state index contributed by atoms with van der Waals surface area (Å²) in [5.74, 6) is -10.8. The number of β-lactam (4-membered cyclic amide) rings is 1. The maximum Gasteiger partial charge on any atom is 0.353 e. The molecule has 1 aliphatic carbocycles. The number of cyclic esters (lactones) is 1. The molecule has 448 valence electrons. The number of amides is 2. The van der Waals surface area contributed by atoms with Gasteiger partial charge in [0.2, 0.25) is 11.7 Å². The molecule has 2 bridgehead atoms. The first kappa shape index (κ1) is 63.8. The van der Waals surface area contributed by atoms with Gasteiger partial charge in [-0.05, 0) is 127 Å². The van der Waals surface area contributed by atoms with Crippen LogP contribution in [-0.2, 0) is 47.8 Å². The predicted octanol–water partition coefficient (Wildman–Crippen LogP) is 6.30. The first-order valence-corrected chi connectivity index (χ1v) is 30.5. The van der Waals surface area contributed by atoms with Crippen molar-refractivity contribution in [3.63, 3.8) is 0 Å². The summed E-state index contributed by atoms with van der Waals surface area (Å²) in [5, 5.41) is 58.8. The number of nitrogens with zero attached hydrogens (tertiary/aromatic N) is 2. The van der Waals surface area contributed by atoms with Crippen molar-refractivity contribution in [3.8, 4) is 0 Å². The number of hydrogen-bond donors (Lipinski definition) is 6. The zero-order valence-electron chi connectivity index (χ0n) is 49.4. The minimum Gasteiger partial charge on any atom is -0.477 e. The largest absolute Gasteiger partial charge is 0.477 e. The van der Waals surface area contributed by atoms with E-state index in [1.54, 1.807) is 34.8 Å². The predicted molar refractivity (Wildman–Crippen MR) is 300 cm³/mol. The van der Waals surface area contributed by atoms with Gasteiger partial charge in [-0.25, -0.2) is 9.59 Å². The molecule has 4 saturated heterocycles. The first-order valence-electron chi connectivity index (χ1n) is 29.7. The van der Waals surface area contributed by atoms with E-state index in [4.69, 9.17) is 14.2 Å². The molecule has 6 aliphatic heterocycles. The van der Waals surface area contributed by atoms with Crippen LogP contribution in [0, 0.1) is 58.7 Å². The van der Waals surface area contributed by atoms with E-state index >= 15 is 0 Å². The third-order valence-corrected chi connectivity index (χ3v) is 20.8. The maximum absolute atomic E-state index is 14.9. The lowest BCUT2D eigenvalue weighted by Gasteiger charge is -2.46. The summed E-state index contributed by atoms with van der Waals surface area (Å²) in [6.07, 6.45) is 4.22. The third-order valence-electron chi connectivity index (χ3n) is 19.3. The topological polar surface area (TPSA) is 267 Å². The van der Waals surface area contributed by atoms with Gasteiger partial charge in [0, 0.05) is 65.9 Å². The average molecular weight is 1140 g/mol. The van der Waals surface area contributed by atoms with Crippen molar-refractivity contribution in [2.24, 2.45) is 58.7 Å². The Bertz CT molecular complexity index is 2440. The highest BCUT2D eigenvalue weighted by Crippen LogP contribution is 2.52. The van der Waals surface area contributed by atoms with E-state index in [1.165, 1.54) is 21.6 Å². The molecule has 19 heteroatoms. The normalized spacial score (nSPS) is 40.5. The summed E-state index contributed by atoms with van der Waals surface area (Å²) in [6.45, 7) is 21.0. The molecule has 0 aromatic rings. The lowest BCUT2D eigenvalue weighted by atomic mass is 9.75. The lowest BCUT2D eigenvalue weighted by Crippen LogP contribution is -2.63. The summed E-state index contributed by atoms with van der Waals surface area (Å²) < 4.78 is 18.4. The molecule has 2 amide bonds. The fourth-order valence-corrected chi connectivity index (χ4v) is 16.1. The quantitative estimate of drug-likeness (QED) is 0.0542. The van der Waals surface area contributed by atoms with Crippen molar-refractivity contribution in [2.45, 2.75) is 225 Å². The number of esters is 1. The van der Waals surface area contributed by atoms with E-state index in [1.807, 2.05) is 53.7 Å². The molecule has 0 spiro atoms. The molecule has 5 fully saturated rings. The Labute approximate surface area is 477 Å². The number of aliphatic carboxylic acids is 1. The van der Waals surface area contributed by atoms with Crippen LogP contribution < -0.4 is 5.32 Å². The molecule has 0 radical (unpaired) electrons. The van der Waals surface area contributed by atoms with Gasteiger partial charge in [-0.15, -0.1) is 11.8 Å². The number of allylic oxidation sites excluding steroid dienone is 3. The summed E-state index contributed by atoms with van der Waals surface area (Å²) in [6, 6.07) is -2.18. The summed E-state index contributed by atoms with van der Waals surface area (Å²) in [5.41, 5.74) is 0.555. The number of aliphatic hydroxyl groups excluding tert-OH is 3. The lowest BCUT2D eigenvalue weighted by molar-refractivity contribution is -0.282. The molecular weight excluding hydrogens is 1050 g/mol. The molecule has 80 heavy (non-hydrogen) atoms. The fourth-order valence-electron chi connectivity index (χ4n) is 14.6. The van der Waals surface area contributed by atoms with Crippen LogP contribution in [0.2, 0.25) is 0 Å². The highest BCUT2D eigenvalue weighted by molar-refractivity contribution is 8.03. The summed E-state index contributed by atoms with van der Waals surface area (Å²) in [7, 11) is 1.55. The molecule has 7 rings (SSSR count). The number of Topliss-reactive ketones (excluding diaryl/α,β-unsaturated/α-hetero) is 3. The molecule has 20 atom stereocenters. The van der Waals surface area contributed by atoms with Gasteiger partial charge >= 0.3 is 11.9 Å². The monoisotopic (exact) mass is 1140 g/mol. The van der Waals surface area contributed by atoms with Crippen LogP contribution >= 0.6 is 11.8 Å². The number of piperidine rings is 1. The van der Waals surface area contributed by atoms with Crippen molar-refractivity contribution >= 4 is 52.9 Å². The van der Waals surface area contributed by atoms with Gasteiger partial charge in [-0.2, -0.15) is 0 Å². The number of methoxy groups -OCH3 is 1. The van der Waals surface area contributed by atoms with Crippen molar-refractivity contribution in [2.75, 3.05) is 20.2 Å². The number of nitrogens with one attached hydrogen (secondary N) is 1. The number of fused-ring (bicyclic) bond motifs is 4. The number of thioether (sulfide) groups is 1. The highest BCUT2D eigenvalue weighted by Gasteiger charge is 2.61. The molecule has 6 heterocycles. The number of carboxylic acids is 1. The summed E-state index contributed by atoms with van der Waals surface area (Å²) >= 11 is 1.37. The first-order chi connectivity index (χ1) is 37.5. The van der Waals surface area contributed by atoms with Crippen LogP contribution in [0.3, 0.4) is 0 Å². The molecular formula is C61H93N3O15S. The minimum atomic E-state index is -2.43. The van der Waals surface area contributed by atoms with Crippen molar-refractivity contribution < 1.29 is 73.3 Å². The Morgan fingerprint density at radius 1 is 0.963 bits per heavy atom. The van der Waals surface area contributed by atoms with Gasteiger partial charge in [-0.3, -0.25) is 24.0 Å². The minimum absolute atomic E-state index is 0.0515. The van der Waals surface area contributed by atoms with Crippen molar-refractivity contribution in [1.82, 2.24) is 15.1 Å². The second kappa shape index (κ2) is 26.0. The second-order valence-electron chi connectivity index (χ2n) is 26.1. The number of carboxylic acid groups (broad SMARTS) is 1. The number of carbonyl (C=O) groups excluding carboxylic acids is 6. The van der Waals surface area contributed by atoms with E-state index in [0.29, 0.717) is 81.2 Å². The Morgan fingerprint density at radius 2 is 1.65 bits per heavy atom. The standard InChI is InChI=1S/C61H93N3O15S/c1-30-21-31(2)23-40(18-19-60(10,11)54(69)42-27-41(29-62-42)80-53-37(8)49-48(38(9)65)56(71)64(49)50(53)58(73)74)46(68)28-45(67)36(7)52(34(5)25-39-16-17-44(66)47(26-39)77-12)78-59(75)43-15-13-14-20-63(43)57(72)55(70)61(76)35(6)24-33(4)51(79-61)32(3)22-30/h23,25,30,32-33,35-45,47-49,51-52,62,65-67,76H,13-22,24,26-29H2,1-12H3,(H,73,74)/b31-23+,34-25+/t30-,32-,33-,35+,36+,37+,38+,39-,40+,41-,42-,43-,44+,45-,47+,48+,49+,51+,52+,61+/m0/s1. The number of ketones is 3. The Balaban J connectivity index is 1.15. The third kappa shape index (κ3) is 13.4. The van der Waals surface area contributed by atoms with Gasteiger partial charge in [0.05, 0.1) is 48.5 Å².